The van der Waals surface area contributed by atoms with E-state index >= 15 is 0 Å². The molecule has 2 aromatic carbocycles. The van der Waals surface area contributed by atoms with E-state index in [1.807, 2.05) is 79.2 Å². The highest BCUT2D eigenvalue weighted by Crippen LogP contribution is 2.37. The fourth-order valence-electron chi connectivity index (χ4n) is 6.53. The van der Waals surface area contributed by atoms with E-state index in [1.54, 1.807) is 11.1 Å². The van der Waals surface area contributed by atoms with Gasteiger partial charge in [-0.05, 0) is 36.3 Å². The first kappa shape index (κ1) is 38.5. The number of carboxylic acid groups (broad SMARTS) is 1. The van der Waals surface area contributed by atoms with Crippen LogP contribution in [0.5, 0.6) is 0 Å². The van der Waals surface area contributed by atoms with Crippen LogP contribution in [0.15, 0.2) is 67.0 Å². The minimum Gasteiger partial charge on any atom is -0.465 e. The number of rotatable bonds is 15. The summed E-state index contributed by atoms with van der Waals surface area (Å²) in [5, 5.41) is 15.3. The van der Waals surface area contributed by atoms with Gasteiger partial charge in [-0.1, -0.05) is 68.4 Å². The Hall–Kier alpha value is -5.70. The maximum absolute atomic E-state index is 13.7. The van der Waals surface area contributed by atoms with Gasteiger partial charge in [-0.3, -0.25) is 9.36 Å². The predicted molar refractivity (Wildman–Crippen MR) is 197 cm³/mol. The molecule has 15 heteroatoms. The van der Waals surface area contributed by atoms with Crippen molar-refractivity contribution in [3.63, 3.8) is 0 Å². The van der Waals surface area contributed by atoms with E-state index in [-0.39, 0.29) is 31.4 Å². The summed E-state index contributed by atoms with van der Waals surface area (Å²) in [7, 11) is 2.76. The second-order valence-electron chi connectivity index (χ2n) is 13.1. The molecule has 1 aliphatic heterocycles. The zero-order valence-corrected chi connectivity index (χ0v) is 30.6. The summed E-state index contributed by atoms with van der Waals surface area (Å²) >= 11 is 0. The Labute approximate surface area is 308 Å². The molecule has 4 N–H and O–H groups in total. The molecule has 0 radical (unpaired) electrons. The van der Waals surface area contributed by atoms with Crippen molar-refractivity contribution < 1.29 is 33.8 Å². The van der Waals surface area contributed by atoms with Crippen molar-refractivity contribution in [1.82, 2.24) is 40.0 Å². The van der Waals surface area contributed by atoms with Gasteiger partial charge >= 0.3 is 18.2 Å². The van der Waals surface area contributed by atoms with Gasteiger partial charge in [0, 0.05) is 58.0 Å². The van der Waals surface area contributed by atoms with Crippen LogP contribution in [-0.2, 0) is 20.7 Å². The number of imidazole rings is 2. The largest absolute Gasteiger partial charge is 0.465 e. The molecule has 3 atom stereocenters. The van der Waals surface area contributed by atoms with Crippen molar-refractivity contribution >= 4 is 24.1 Å². The van der Waals surface area contributed by atoms with Gasteiger partial charge < -0.3 is 35.1 Å². The number of imide groups is 1. The molecule has 1 saturated heterocycles. The minimum atomic E-state index is -1.28. The molecule has 0 spiro atoms. The monoisotopic (exact) mass is 728 g/mol. The number of hydrogen-bond donors (Lipinski definition) is 4. The summed E-state index contributed by atoms with van der Waals surface area (Å²) in [6, 6.07) is 16.2. The molecule has 282 valence electrons. The van der Waals surface area contributed by atoms with E-state index in [2.05, 4.69) is 25.3 Å². The predicted octanol–water partition coefficient (Wildman–Crippen LogP) is 5.63. The summed E-state index contributed by atoms with van der Waals surface area (Å²) in [4.78, 5) is 66.1. The SMILES string of the molecule is CCCN(C(=O)O)C(=O)N1CCCC1c1nc(-c2ccccc2-c2ccccc2)cn1-c1cnc(CC(C)CNC(=O)[C@H](CCOC)NC(=O)OC)[nH]1. The molecular weight excluding hydrogens is 680 g/mol. The van der Waals surface area contributed by atoms with Crippen molar-refractivity contribution in [2.24, 2.45) is 5.92 Å². The van der Waals surface area contributed by atoms with Crippen LogP contribution in [0.1, 0.15) is 57.2 Å². The molecule has 4 aromatic rings. The van der Waals surface area contributed by atoms with E-state index in [9.17, 15) is 24.3 Å². The number of amides is 5. The van der Waals surface area contributed by atoms with Gasteiger partial charge in [0.2, 0.25) is 5.91 Å². The summed E-state index contributed by atoms with van der Waals surface area (Å²) in [5.41, 5.74) is 3.63. The van der Waals surface area contributed by atoms with E-state index < -0.39 is 30.3 Å². The zero-order valence-electron chi connectivity index (χ0n) is 30.6. The lowest BCUT2D eigenvalue weighted by Gasteiger charge is -2.29. The van der Waals surface area contributed by atoms with Gasteiger partial charge in [0.05, 0.1) is 25.0 Å². The van der Waals surface area contributed by atoms with Crippen molar-refractivity contribution in [3.8, 4) is 28.2 Å². The van der Waals surface area contributed by atoms with Gasteiger partial charge in [-0.25, -0.2) is 29.3 Å². The summed E-state index contributed by atoms with van der Waals surface area (Å²) in [6.45, 7) is 4.92. The fraction of sp³-hybridized carbons (Fsp3) is 0.421. The van der Waals surface area contributed by atoms with Gasteiger partial charge in [0.15, 0.2) is 0 Å². The number of benzene rings is 2. The van der Waals surface area contributed by atoms with E-state index in [0.717, 1.165) is 21.6 Å². The van der Waals surface area contributed by atoms with E-state index in [1.165, 1.54) is 14.2 Å². The van der Waals surface area contributed by atoms with Crippen LogP contribution >= 0.6 is 0 Å². The third kappa shape index (κ3) is 9.40. The third-order valence-electron chi connectivity index (χ3n) is 9.17. The second kappa shape index (κ2) is 18.2. The number of nitrogens with zero attached hydrogens (tertiary/aromatic N) is 5. The quantitative estimate of drug-likeness (QED) is 0.120. The highest BCUT2D eigenvalue weighted by molar-refractivity contribution is 5.90. The summed E-state index contributed by atoms with van der Waals surface area (Å²) < 4.78 is 11.6. The molecule has 15 nitrogen and oxygen atoms in total. The van der Waals surface area contributed by atoms with Crippen molar-refractivity contribution in [1.29, 1.82) is 0 Å². The Morgan fingerprint density at radius 1 is 1.08 bits per heavy atom. The molecule has 2 unspecified atom stereocenters. The number of aromatic nitrogens is 4. The molecule has 0 saturated carbocycles. The standard InChI is InChI=1S/C38H48N8O7/c1-5-18-45(38(50)51)37(49)44-19-11-16-31(44)34-41-30(28-15-10-9-14-27(28)26-12-7-6-8-13-26)24-46(34)33-23-39-32(43-33)21-25(2)22-40-35(47)29(17-20-52-3)42-36(48)53-4/h6-10,12-15,23-25,29,31H,5,11,16-22H2,1-4H3,(H,39,43)(H,40,47)(H,42,48)(H,50,51)/t25?,29-,31?/m0/s1. The molecule has 0 aliphatic carbocycles. The van der Waals surface area contributed by atoms with Gasteiger partial charge in [-0.15, -0.1) is 0 Å². The van der Waals surface area contributed by atoms with Crippen LogP contribution in [0, 0.1) is 5.92 Å². The topological polar surface area (TPSA) is 184 Å². The smallest absolute Gasteiger partial charge is 0.415 e. The summed E-state index contributed by atoms with van der Waals surface area (Å²) in [6.07, 6.45) is 4.24. The number of alkyl carbamates (subject to hydrolysis) is 1. The lowest BCUT2D eigenvalue weighted by molar-refractivity contribution is -0.123. The third-order valence-corrected chi connectivity index (χ3v) is 9.17. The molecule has 5 rings (SSSR count). The molecule has 0 bridgehead atoms. The second-order valence-corrected chi connectivity index (χ2v) is 13.1. The highest BCUT2D eigenvalue weighted by Gasteiger charge is 2.38. The molecule has 1 aliphatic rings. The lowest BCUT2D eigenvalue weighted by Crippen LogP contribution is -2.48. The molecule has 53 heavy (non-hydrogen) atoms. The number of H-pyrrole nitrogens is 1. The highest BCUT2D eigenvalue weighted by atomic mass is 16.5. The Morgan fingerprint density at radius 2 is 1.81 bits per heavy atom. The van der Waals surface area contributed by atoms with Crippen LogP contribution in [0.4, 0.5) is 14.4 Å². The Bertz CT molecular complexity index is 1860. The Kier molecular flexibility index (Phi) is 13.2. The van der Waals surface area contributed by atoms with Gasteiger partial charge in [-0.2, -0.15) is 0 Å². The number of ether oxygens (including phenoxy) is 2. The van der Waals surface area contributed by atoms with E-state index in [4.69, 9.17) is 9.72 Å². The van der Waals surface area contributed by atoms with Gasteiger partial charge in [0.25, 0.3) is 0 Å². The first-order valence-electron chi connectivity index (χ1n) is 17.9. The van der Waals surface area contributed by atoms with Crippen LogP contribution in [-0.4, -0.2) is 105 Å². The molecule has 2 aromatic heterocycles. The lowest BCUT2D eigenvalue weighted by atomic mass is 9.98. The number of urea groups is 1. The normalized spacial score (nSPS) is 15.1. The first-order valence-corrected chi connectivity index (χ1v) is 17.9. The minimum absolute atomic E-state index is 0.0294. The number of carbonyl (C=O) groups is 4. The molecule has 3 heterocycles. The molecule has 5 amide bonds. The van der Waals surface area contributed by atoms with Gasteiger partial charge in [0.1, 0.15) is 23.5 Å². The van der Waals surface area contributed by atoms with Crippen molar-refractivity contribution in [2.75, 3.05) is 40.5 Å². The number of aromatic amines is 1. The van der Waals surface area contributed by atoms with Crippen molar-refractivity contribution in [2.45, 2.75) is 58.0 Å². The maximum atomic E-state index is 13.7. The number of likely N-dealkylation sites (tertiary alicyclic amines) is 1. The number of carbonyl (C=O) groups excluding carboxylic acids is 3. The molecule has 1 fully saturated rings. The first-order chi connectivity index (χ1) is 25.6. The van der Waals surface area contributed by atoms with Crippen LogP contribution < -0.4 is 10.6 Å². The Morgan fingerprint density at radius 3 is 2.51 bits per heavy atom. The number of hydrogen-bond acceptors (Lipinski definition) is 8. The fourth-order valence-corrected chi connectivity index (χ4v) is 6.53. The maximum Gasteiger partial charge on any atom is 0.415 e. The average molecular weight is 729 g/mol. The zero-order chi connectivity index (χ0) is 37.9. The van der Waals surface area contributed by atoms with Crippen LogP contribution in [0.2, 0.25) is 0 Å². The Balaban J connectivity index is 1.43. The molecular formula is C38H48N8O7. The summed E-state index contributed by atoms with van der Waals surface area (Å²) in [5.74, 6) is 1.52. The number of methoxy groups -OCH3 is 2. The number of nitrogens with one attached hydrogen (secondary N) is 3. The van der Waals surface area contributed by atoms with Crippen LogP contribution in [0.25, 0.3) is 28.2 Å². The van der Waals surface area contributed by atoms with E-state index in [0.29, 0.717) is 61.9 Å². The van der Waals surface area contributed by atoms with Crippen LogP contribution in [0.3, 0.4) is 0 Å². The van der Waals surface area contributed by atoms with Crippen molar-refractivity contribution in [3.05, 3.63) is 78.6 Å². The average Bonchev–Trinajstić information content (AvgIpc) is 3.94.